The minimum Gasteiger partial charge on any atom is -0.545 e. The molecule has 0 spiro atoms. The highest BCUT2D eigenvalue weighted by molar-refractivity contribution is 5.99. The molecule has 1 unspecified atom stereocenters. The van der Waals surface area contributed by atoms with Crippen LogP contribution in [0.5, 0.6) is 23.0 Å². The molecule has 0 bridgehead atoms. The Morgan fingerprint density at radius 3 is 1.92 bits per heavy atom. The number of ether oxygens (including phenoxy) is 4. The Balaban J connectivity index is 1.93. The average Bonchev–Trinajstić information content (AvgIpc) is 2.90. The van der Waals surface area contributed by atoms with E-state index in [9.17, 15) is 14.7 Å². The molecule has 8 heteroatoms. The van der Waals surface area contributed by atoms with Crippen LogP contribution in [0.15, 0.2) is 54.6 Å². The van der Waals surface area contributed by atoms with Gasteiger partial charge < -0.3 is 33.7 Å². The molecule has 0 aliphatic carbocycles. The molecule has 8 nitrogen and oxygen atoms in total. The van der Waals surface area contributed by atoms with Crippen molar-refractivity contribution in [3.8, 4) is 23.0 Å². The lowest BCUT2D eigenvalue weighted by atomic mass is 9.86. The number of hydrogen-bond acceptors (Lipinski definition) is 7. The molecule has 0 fully saturated rings. The number of benzene rings is 3. The third-order valence-corrected chi connectivity index (χ3v) is 6.23. The number of fused-ring (bicyclic) bond motifs is 1. The molecular weight excluding hydrogens is 486 g/mol. The van der Waals surface area contributed by atoms with Gasteiger partial charge in [0.05, 0.1) is 44.9 Å². The van der Waals surface area contributed by atoms with Gasteiger partial charge in [-0.15, -0.1) is 0 Å². The summed E-state index contributed by atoms with van der Waals surface area (Å²) in [5.74, 6) is 0.966. The van der Waals surface area contributed by atoms with Gasteiger partial charge >= 0.3 is 0 Å². The summed E-state index contributed by atoms with van der Waals surface area (Å²) in [4.78, 5) is 26.7. The predicted octanol–water partition coefficient (Wildman–Crippen LogP) is 4.32. The first-order chi connectivity index (χ1) is 18.4. The number of aromatic carboxylic acids is 1. The summed E-state index contributed by atoms with van der Waals surface area (Å²) in [5, 5.41) is 11.3. The van der Waals surface area contributed by atoms with Crippen LogP contribution in [0.2, 0.25) is 0 Å². The lowest BCUT2D eigenvalue weighted by Gasteiger charge is -2.38. The van der Waals surface area contributed by atoms with Crippen LogP contribution in [0.4, 0.5) is 5.69 Å². The first-order valence-corrected chi connectivity index (χ1v) is 12.9. The normalized spacial score (nSPS) is 14.6. The van der Waals surface area contributed by atoms with E-state index in [-0.39, 0.29) is 17.9 Å². The van der Waals surface area contributed by atoms with Gasteiger partial charge in [-0.25, -0.2) is 0 Å². The summed E-state index contributed by atoms with van der Waals surface area (Å²) >= 11 is 0. The molecule has 4 rings (SSSR count). The molecule has 3 aromatic rings. The Morgan fingerprint density at radius 2 is 1.34 bits per heavy atom. The van der Waals surface area contributed by atoms with Crippen molar-refractivity contribution in [3.05, 3.63) is 76.9 Å². The van der Waals surface area contributed by atoms with Crippen molar-refractivity contribution in [1.82, 2.24) is 0 Å². The highest BCUT2D eigenvalue weighted by Crippen LogP contribution is 2.45. The van der Waals surface area contributed by atoms with Crippen LogP contribution >= 0.6 is 0 Å². The number of carboxylic acid groups (broad SMARTS) is 1. The largest absolute Gasteiger partial charge is 0.545 e. The van der Waals surface area contributed by atoms with E-state index in [1.54, 1.807) is 17.0 Å². The monoisotopic (exact) mass is 518 g/mol. The minimum absolute atomic E-state index is 0.0369. The van der Waals surface area contributed by atoms with Crippen molar-refractivity contribution in [2.45, 2.75) is 40.2 Å². The number of amides is 1. The van der Waals surface area contributed by atoms with Crippen LogP contribution in [0.3, 0.4) is 0 Å². The Hall–Kier alpha value is -4.20. The molecule has 1 aliphatic rings. The Labute approximate surface area is 222 Å². The molecule has 0 saturated carbocycles. The summed E-state index contributed by atoms with van der Waals surface area (Å²) in [6, 6.07) is 15.1. The van der Waals surface area contributed by atoms with Crippen LogP contribution < -0.4 is 29.0 Å². The second-order valence-corrected chi connectivity index (χ2v) is 8.61. The number of rotatable bonds is 11. The van der Waals surface area contributed by atoms with Crippen LogP contribution in [-0.4, -0.2) is 38.3 Å². The van der Waals surface area contributed by atoms with Gasteiger partial charge in [-0.1, -0.05) is 18.2 Å². The fourth-order valence-corrected chi connectivity index (χ4v) is 4.71. The molecular formula is C30H32NO7-. The maximum atomic E-state index is 13.7. The van der Waals surface area contributed by atoms with Crippen LogP contribution in [0, 0.1) is 0 Å². The van der Waals surface area contributed by atoms with Crippen molar-refractivity contribution in [2.75, 3.05) is 31.3 Å². The van der Waals surface area contributed by atoms with Gasteiger partial charge in [0.15, 0.2) is 23.0 Å². The smallest absolute Gasteiger partial charge is 0.232 e. The van der Waals surface area contributed by atoms with Gasteiger partial charge in [-0.3, -0.25) is 4.79 Å². The van der Waals surface area contributed by atoms with Gasteiger partial charge in [0.25, 0.3) is 0 Å². The molecule has 1 aliphatic heterocycles. The summed E-state index contributed by atoms with van der Waals surface area (Å²) in [5.41, 5.74) is 3.12. The molecule has 200 valence electrons. The van der Waals surface area contributed by atoms with Crippen LogP contribution in [0.25, 0.3) is 0 Å². The van der Waals surface area contributed by atoms with E-state index in [4.69, 9.17) is 18.9 Å². The lowest BCUT2D eigenvalue weighted by molar-refractivity contribution is -0.255. The number of anilines is 1. The van der Waals surface area contributed by atoms with Crippen molar-refractivity contribution in [2.24, 2.45) is 0 Å². The number of nitrogens with zero attached hydrogens (tertiary/aromatic N) is 1. The maximum absolute atomic E-state index is 13.7. The second-order valence-electron chi connectivity index (χ2n) is 8.61. The third-order valence-electron chi connectivity index (χ3n) is 6.23. The van der Waals surface area contributed by atoms with E-state index in [1.807, 2.05) is 58.0 Å². The standard InChI is InChI=1S/C30H33NO7/c1-5-35-24-14-11-20(15-25(24)36-6-2)29-23-18-27(38-8-4)26(37-7-3)16-21(23)17-28(32)31(29)22-12-9-19(10-13-22)30(33)34/h9-16,18,29H,5-8,17H2,1-4H3,(H,33,34)/p-1. The van der Waals surface area contributed by atoms with Crippen molar-refractivity contribution < 1.29 is 33.6 Å². The van der Waals surface area contributed by atoms with E-state index >= 15 is 0 Å². The SMILES string of the molecule is CCOc1ccc(C2c3cc(OCC)c(OCC)cc3CC(=O)N2c2ccc(C(=O)[O-])cc2)cc1OCC. The zero-order chi connectivity index (χ0) is 27.2. The lowest BCUT2D eigenvalue weighted by Crippen LogP contribution is -2.41. The minimum atomic E-state index is -1.28. The Morgan fingerprint density at radius 1 is 0.789 bits per heavy atom. The molecule has 1 atom stereocenters. The van der Waals surface area contributed by atoms with Crippen LogP contribution in [-0.2, 0) is 11.2 Å². The molecule has 0 aromatic heterocycles. The number of carbonyl (C=O) groups excluding carboxylic acids is 2. The Kier molecular flexibility index (Phi) is 8.41. The number of carbonyl (C=O) groups is 2. The summed E-state index contributed by atoms with van der Waals surface area (Å²) in [6.45, 7) is 9.46. The van der Waals surface area contributed by atoms with Gasteiger partial charge in [-0.2, -0.15) is 0 Å². The average molecular weight is 519 g/mol. The van der Waals surface area contributed by atoms with Gasteiger partial charge in [0, 0.05) is 5.69 Å². The Bertz CT molecular complexity index is 1300. The van der Waals surface area contributed by atoms with E-state index in [0.717, 1.165) is 16.7 Å². The van der Waals surface area contributed by atoms with E-state index < -0.39 is 12.0 Å². The third kappa shape index (κ3) is 5.39. The molecule has 0 saturated heterocycles. The zero-order valence-corrected chi connectivity index (χ0v) is 22.1. The maximum Gasteiger partial charge on any atom is 0.232 e. The fraction of sp³-hybridized carbons (Fsp3) is 0.333. The fourth-order valence-electron chi connectivity index (χ4n) is 4.71. The summed E-state index contributed by atoms with van der Waals surface area (Å²) < 4.78 is 23.4. The summed E-state index contributed by atoms with van der Waals surface area (Å²) in [7, 11) is 0. The molecule has 38 heavy (non-hydrogen) atoms. The summed E-state index contributed by atoms with van der Waals surface area (Å²) in [6.07, 6.45) is 0.149. The van der Waals surface area contributed by atoms with E-state index in [1.165, 1.54) is 12.1 Å². The molecule has 3 aromatic carbocycles. The van der Waals surface area contributed by atoms with Crippen molar-refractivity contribution >= 4 is 17.6 Å². The van der Waals surface area contributed by atoms with Gasteiger partial charge in [0.2, 0.25) is 5.91 Å². The van der Waals surface area contributed by atoms with Crippen LogP contribution in [0.1, 0.15) is 60.8 Å². The first kappa shape index (κ1) is 26.9. The zero-order valence-electron chi connectivity index (χ0n) is 22.1. The highest BCUT2D eigenvalue weighted by atomic mass is 16.5. The molecule has 0 N–H and O–H groups in total. The number of hydrogen-bond donors (Lipinski definition) is 0. The second kappa shape index (κ2) is 11.9. The van der Waals surface area contributed by atoms with Crippen molar-refractivity contribution in [1.29, 1.82) is 0 Å². The number of carboxylic acids is 1. The molecule has 1 amide bonds. The van der Waals surface area contributed by atoms with E-state index in [2.05, 4.69) is 0 Å². The van der Waals surface area contributed by atoms with Gasteiger partial charge in [-0.05, 0) is 86.3 Å². The topological polar surface area (TPSA) is 97.4 Å². The molecule has 0 radical (unpaired) electrons. The predicted molar refractivity (Wildman–Crippen MR) is 141 cm³/mol. The molecule has 1 heterocycles. The van der Waals surface area contributed by atoms with Gasteiger partial charge in [0.1, 0.15) is 0 Å². The van der Waals surface area contributed by atoms with Crippen molar-refractivity contribution in [3.63, 3.8) is 0 Å². The first-order valence-electron chi connectivity index (χ1n) is 12.9. The highest BCUT2D eigenvalue weighted by Gasteiger charge is 2.36. The van der Waals surface area contributed by atoms with E-state index in [0.29, 0.717) is 55.1 Å². The quantitative estimate of drug-likeness (QED) is 0.373.